The molecule has 2 rings (SSSR count). The van der Waals surface area contributed by atoms with Crippen LogP contribution in [0.25, 0.3) is 11.3 Å². The van der Waals surface area contributed by atoms with Gasteiger partial charge in [0.2, 0.25) is 0 Å². The number of hydrogen-bond acceptors (Lipinski definition) is 2. The van der Waals surface area contributed by atoms with E-state index in [2.05, 4.69) is 33.9 Å². The molecule has 0 aliphatic heterocycles. The third-order valence-electron chi connectivity index (χ3n) is 3.14. The van der Waals surface area contributed by atoms with Gasteiger partial charge in [-0.15, -0.1) is 0 Å². The second-order valence-electron chi connectivity index (χ2n) is 4.39. The summed E-state index contributed by atoms with van der Waals surface area (Å²) in [5.41, 5.74) is 3.36. The molecule has 0 fully saturated rings. The molecular weight excluding hydrogens is 246 g/mol. The maximum Gasteiger partial charge on any atom is 0.155 e. The lowest BCUT2D eigenvalue weighted by Crippen LogP contribution is -2.13. The van der Waals surface area contributed by atoms with Gasteiger partial charge < -0.3 is 9.88 Å². The maximum atomic E-state index is 6.28. The van der Waals surface area contributed by atoms with Crippen molar-refractivity contribution in [3.8, 4) is 11.3 Å². The Bertz CT molecular complexity index is 546. The van der Waals surface area contributed by atoms with E-state index in [-0.39, 0.29) is 0 Å². The van der Waals surface area contributed by atoms with Gasteiger partial charge in [-0.2, -0.15) is 0 Å². The van der Waals surface area contributed by atoms with Gasteiger partial charge in [-0.1, -0.05) is 35.9 Å². The van der Waals surface area contributed by atoms with E-state index in [0.29, 0.717) is 5.15 Å². The Balaban J connectivity index is 2.46. The van der Waals surface area contributed by atoms with Gasteiger partial charge in [0.1, 0.15) is 5.82 Å². The summed E-state index contributed by atoms with van der Waals surface area (Å²) in [5, 5.41) is 3.71. The van der Waals surface area contributed by atoms with Crippen molar-refractivity contribution < 1.29 is 0 Å². The molecule has 0 amide bonds. The summed E-state index contributed by atoms with van der Waals surface area (Å²) in [6.07, 6.45) is 0.874. The number of likely N-dealkylation sites (N-methyl/N-ethyl adjacent to an activating group) is 1. The van der Waals surface area contributed by atoms with Crippen LogP contribution < -0.4 is 5.32 Å². The predicted octanol–water partition coefficient (Wildman–Crippen LogP) is 2.81. The third kappa shape index (κ3) is 2.42. The molecule has 0 saturated carbocycles. The van der Waals surface area contributed by atoms with E-state index in [0.717, 1.165) is 30.0 Å². The predicted molar refractivity (Wildman–Crippen MR) is 76.0 cm³/mol. The van der Waals surface area contributed by atoms with E-state index in [1.54, 1.807) is 0 Å². The van der Waals surface area contributed by atoms with Crippen molar-refractivity contribution in [1.29, 1.82) is 0 Å². The van der Waals surface area contributed by atoms with Gasteiger partial charge in [0.15, 0.2) is 5.15 Å². The van der Waals surface area contributed by atoms with E-state index in [1.807, 2.05) is 26.2 Å². The Labute approximate surface area is 113 Å². The van der Waals surface area contributed by atoms with E-state index in [9.17, 15) is 0 Å². The Kier molecular flexibility index (Phi) is 4.04. The Hall–Kier alpha value is -1.32. The highest BCUT2D eigenvalue weighted by atomic mass is 35.5. The van der Waals surface area contributed by atoms with E-state index in [1.165, 1.54) is 5.56 Å². The summed E-state index contributed by atoms with van der Waals surface area (Å²) in [6, 6.07) is 8.23. The summed E-state index contributed by atoms with van der Waals surface area (Å²) >= 11 is 6.28. The molecule has 0 atom stereocenters. The zero-order valence-corrected chi connectivity index (χ0v) is 11.8. The summed E-state index contributed by atoms with van der Waals surface area (Å²) in [4.78, 5) is 4.45. The van der Waals surface area contributed by atoms with Crippen molar-refractivity contribution in [1.82, 2.24) is 14.9 Å². The van der Waals surface area contributed by atoms with Crippen LogP contribution in [0.5, 0.6) is 0 Å². The summed E-state index contributed by atoms with van der Waals surface area (Å²) in [7, 11) is 3.96. The molecular formula is C14H18ClN3. The topological polar surface area (TPSA) is 29.9 Å². The number of halogens is 1. The van der Waals surface area contributed by atoms with Crippen molar-refractivity contribution in [2.24, 2.45) is 7.05 Å². The molecule has 0 aliphatic rings. The lowest BCUT2D eigenvalue weighted by atomic mass is 10.1. The minimum atomic E-state index is 0.581. The quantitative estimate of drug-likeness (QED) is 0.919. The van der Waals surface area contributed by atoms with Gasteiger partial charge in [0.25, 0.3) is 0 Å². The van der Waals surface area contributed by atoms with Crippen molar-refractivity contribution in [2.45, 2.75) is 13.3 Å². The van der Waals surface area contributed by atoms with E-state index < -0.39 is 0 Å². The number of benzene rings is 1. The first-order valence-electron chi connectivity index (χ1n) is 6.07. The van der Waals surface area contributed by atoms with Gasteiger partial charge in [0, 0.05) is 25.6 Å². The van der Waals surface area contributed by atoms with Crippen LogP contribution in [-0.2, 0) is 13.5 Å². The zero-order valence-electron chi connectivity index (χ0n) is 11.0. The molecule has 0 spiro atoms. The van der Waals surface area contributed by atoms with Crippen molar-refractivity contribution in [3.63, 3.8) is 0 Å². The van der Waals surface area contributed by atoms with Crippen LogP contribution in [0.1, 0.15) is 11.4 Å². The molecule has 1 N–H and O–H groups in total. The molecule has 0 saturated heterocycles. The highest BCUT2D eigenvalue weighted by Crippen LogP contribution is 2.30. The van der Waals surface area contributed by atoms with Crippen molar-refractivity contribution in [2.75, 3.05) is 13.6 Å². The van der Waals surface area contributed by atoms with Crippen LogP contribution in [0, 0.1) is 6.92 Å². The minimum absolute atomic E-state index is 0.581. The number of hydrogen-bond donors (Lipinski definition) is 1. The average Bonchev–Trinajstić information content (AvgIpc) is 2.63. The second-order valence-corrected chi connectivity index (χ2v) is 4.75. The van der Waals surface area contributed by atoms with Crippen LogP contribution in [0.15, 0.2) is 24.3 Å². The van der Waals surface area contributed by atoms with Gasteiger partial charge in [-0.05, 0) is 19.5 Å². The summed E-state index contributed by atoms with van der Waals surface area (Å²) < 4.78 is 2.09. The first kappa shape index (κ1) is 13.1. The molecule has 3 nitrogen and oxygen atoms in total. The van der Waals surface area contributed by atoms with Gasteiger partial charge in [-0.3, -0.25) is 0 Å². The summed E-state index contributed by atoms with van der Waals surface area (Å²) in [6.45, 7) is 2.99. The molecule has 96 valence electrons. The van der Waals surface area contributed by atoms with Crippen molar-refractivity contribution in [3.05, 3.63) is 40.8 Å². The molecule has 2 aromatic rings. The first-order chi connectivity index (χ1) is 8.65. The second kappa shape index (κ2) is 5.55. The van der Waals surface area contributed by atoms with Crippen LogP contribution >= 0.6 is 11.6 Å². The molecule has 1 heterocycles. The van der Waals surface area contributed by atoms with Crippen molar-refractivity contribution >= 4 is 11.6 Å². The standard InChI is InChI=1S/C14H18ClN3/c1-10-6-4-5-7-11(10)13-14(15)17-12(18(13)3)8-9-16-2/h4-7,16H,8-9H2,1-3H3. The minimum Gasteiger partial charge on any atom is -0.330 e. The highest BCUT2D eigenvalue weighted by molar-refractivity contribution is 6.32. The molecule has 1 aromatic heterocycles. The number of nitrogens with zero attached hydrogens (tertiary/aromatic N) is 2. The van der Waals surface area contributed by atoms with Gasteiger partial charge in [0.05, 0.1) is 5.69 Å². The molecule has 0 radical (unpaired) electrons. The number of aromatic nitrogens is 2. The molecule has 1 aromatic carbocycles. The molecule has 0 aliphatic carbocycles. The number of aryl methyl sites for hydroxylation is 1. The lowest BCUT2D eigenvalue weighted by Gasteiger charge is -2.08. The van der Waals surface area contributed by atoms with Crippen LogP contribution in [0.2, 0.25) is 5.15 Å². The highest BCUT2D eigenvalue weighted by Gasteiger charge is 2.15. The maximum absolute atomic E-state index is 6.28. The fourth-order valence-electron chi connectivity index (χ4n) is 2.10. The lowest BCUT2D eigenvalue weighted by molar-refractivity contribution is 0.720. The van der Waals surface area contributed by atoms with Gasteiger partial charge >= 0.3 is 0 Å². The fraction of sp³-hybridized carbons (Fsp3) is 0.357. The van der Waals surface area contributed by atoms with E-state index >= 15 is 0 Å². The number of imidazole rings is 1. The largest absolute Gasteiger partial charge is 0.330 e. The Morgan fingerprint density at radius 3 is 2.72 bits per heavy atom. The van der Waals surface area contributed by atoms with Crippen LogP contribution in [0.3, 0.4) is 0 Å². The monoisotopic (exact) mass is 263 g/mol. The van der Waals surface area contributed by atoms with Crippen LogP contribution in [-0.4, -0.2) is 23.1 Å². The zero-order chi connectivity index (χ0) is 13.1. The SMILES string of the molecule is CNCCc1nc(Cl)c(-c2ccccc2C)n1C. The first-order valence-corrected chi connectivity index (χ1v) is 6.44. The Morgan fingerprint density at radius 2 is 2.06 bits per heavy atom. The van der Waals surface area contributed by atoms with E-state index in [4.69, 9.17) is 11.6 Å². The summed E-state index contributed by atoms with van der Waals surface area (Å²) in [5.74, 6) is 1.01. The number of rotatable bonds is 4. The third-order valence-corrected chi connectivity index (χ3v) is 3.41. The van der Waals surface area contributed by atoms with Gasteiger partial charge in [-0.25, -0.2) is 4.98 Å². The molecule has 18 heavy (non-hydrogen) atoms. The Morgan fingerprint density at radius 1 is 1.33 bits per heavy atom. The average molecular weight is 264 g/mol. The normalized spacial score (nSPS) is 10.9. The fourth-order valence-corrected chi connectivity index (χ4v) is 2.43. The number of nitrogens with one attached hydrogen (secondary N) is 1. The smallest absolute Gasteiger partial charge is 0.155 e. The molecule has 0 bridgehead atoms. The van der Waals surface area contributed by atoms with Crippen LogP contribution in [0.4, 0.5) is 0 Å². The molecule has 0 unspecified atom stereocenters. The molecule has 4 heteroatoms.